The molecule has 1 amide bonds. The Hall–Kier alpha value is -1.31. The van der Waals surface area contributed by atoms with Gasteiger partial charge in [0.25, 0.3) is 0 Å². The van der Waals surface area contributed by atoms with Crippen LogP contribution in [-0.4, -0.2) is 43.4 Å². The van der Waals surface area contributed by atoms with E-state index >= 15 is 0 Å². The van der Waals surface area contributed by atoms with Crippen LogP contribution in [0.1, 0.15) is 20.8 Å². The van der Waals surface area contributed by atoms with Crippen LogP contribution >= 0.6 is 0 Å². The van der Waals surface area contributed by atoms with Crippen molar-refractivity contribution in [2.45, 2.75) is 26.0 Å². The number of carbonyl (C=O) groups excluding carboxylic acids is 1. The maximum absolute atomic E-state index is 11.5. The molecule has 0 aliphatic carbocycles. The highest BCUT2D eigenvalue weighted by Crippen LogP contribution is 2.13. The number of hydrogen-bond acceptors (Lipinski definition) is 5. The van der Waals surface area contributed by atoms with Crippen molar-refractivity contribution < 1.29 is 18.4 Å². The normalized spacial score (nSPS) is 15.4. The molecule has 0 radical (unpaired) electrons. The highest BCUT2D eigenvalue weighted by molar-refractivity contribution is 7.92. The number of amides is 1. The standard InChI is InChI=1S/C9H19N3O4S/c1-6(17(4,15)16)7(13)11-5-9(2,3)8(10)12-14/h6,14H,5H2,1-4H3,(H2,10,12)(H,11,13). The fourth-order valence-electron chi connectivity index (χ4n) is 0.872. The van der Waals surface area contributed by atoms with Gasteiger partial charge in [-0.1, -0.05) is 19.0 Å². The summed E-state index contributed by atoms with van der Waals surface area (Å²) in [6.45, 7) is 4.71. The first kappa shape index (κ1) is 15.7. The summed E-state index contributed by atoms with van der Waals surface area (Å²) in [5.41, 5.74) is 4.68. The second kappa shape index (κ2) is 5.35. The van der Waals surface area contributed by atoms with Crippen LogP contribution in [0.15, 0.2) is 5.16 Å². The summed E-state index contributed by atoms with van der Waals surface area (Å²) < 4.78 is 22.3. The minimum absolute atomic E-state index is 0.0372. The van der Waals surface area contributed by atoms with E-state index in [0.717, 1.165) is 6.26 Å². The van der Waals surface area contributed by atoms with Crippen LogP contribution in [0, 0.1) is 5.41 Å². The second-order valence-corrected chi connectivity index (χ2v) is 6.92. The number of sulfone groups is 1. The predicted octanol–water partition coefficient (Wildman–Crippen LogP) is -0.692. The molecule has 0 aliphatic heterocycles. The summed E-state index contributed by atoms with van der Waals surface area (Å²) in [5.74, 6) is -0.642. The first-order valence-corrected chi connectivity index (χ1v) is 6.92. The zero-order chi connectivity index (χ0) is 13.9. The van der Waals surface area contributed by atoms with Crippen LogP contribution in [0.2, 0.25) is 0 Å². The fraction of sp³-hybridized carbons (Fsp3) is 0.778. The highest BCUT2D eigenvalue weighted by Gasteiger charge is 2.28. The van der Waals surface area contributed by atoms with Gasteiger partial charge in [0.05, 0.1) is 0 Å². The van der Waals surface area contributed by atoms with Gasteiger partial charge in [-0.25, -0.2) is 8.42 Å². The molecule has 100 valence electrons. The van der Waals surface area contributed by atoms with Crippen LogP contribution in [0.3, 0.4) is 0 Å². The van der Waals surface area contributed by atoms with E-state index in [1.165, 1.54) is 6.92 Å². The molecule has 0 heterocycles. The van der Waals surface area contributed by atoms with E-state index < -0.39 is 26.4 Å². The highest BCUT2D eigenvalue weighted by atomic mass is 32.2. The first-order chi connectivity index (χ1) is 7.52. The molecule has 0 saturated heterocycles. The van der Waals surface area contributed by atoms with E-state index in [9.17, 15) is 13.2 Å². The van der Waals surface area contributed by atoms with Gasteiger partial charge >= 0.3 is 0 Å². The van der Waals surface area contributed by atoms with Crippen LogP contribution in [0.4, 0.5) is 0 Å². The van der Waals surface area contributed by atoms with Gasteiger partial charge in [-0.05, 0) is 6.92 Å². The van der Waals surface area contributed by atoms with Crippen molar-refractivity contribution in [2.24, 2.45) is 16.3 Å². The quantitative estimate of drug-likeness (QED) is 0.263. The Kier molecular flexibility index (Phi) is 4.94. The fourth-order valence-corrected chi connectivity index (χ4v) is 1.34. The minimum Gasteiger partial charge on any atom is -0.409 e. The summed E-state index contributed by atoms with van der Waals surface area (Å²) >= 11 is 0. The van der Waals surface area contributed by atoms with Gasteiger partial charge < -0.3 is 16.3 Å². The molecule has 7 nitrogen and oxygen atoms in total. The van der Waals surface area contributed by atoms with Crippen LogP contribution in [-0.2, 0) is 14.6 Å². The molecule has 0 aromatic heterocycles. The smallest absolute Gasteiger partial charge is 0.238 e. The number of carbonyl (C=O) groups is 1. The summed E-state index contributed by atoms with van der Waals surface area (Å²) in [5, 5.41) is 12.7. The van der Waals surface area contributed by atoms with Gasteiger partial charge in [0.15, 0.2) is 9.84 Å². The maximum atomic E-state index is 11.5. The molecular weight excluding hydrogens is 246 g/mol. The van der Waals surface area contributed by atoms with E-state index in [1.54, 1.807) is 13.8 Å². The molecule has 0 saturated carbocycles. The van der Waals surface area contributed by atoms with Crippen molar-refractivity contribution in [3.05, 3.63) is 0 Å². The number of nitrogens with zero attached hydrogens (tertiary/aromatic N) is 1. The number of nitrogens with one attached hydrogen (secondary N) is 1. The Balaban J connectivity index is 4.56. The van der Waals surface area contributed by atoms with Gasteiger partial charge in [-0.3, -0.25) is 4.79 Å². The van der Waals surface area contributed by atoms with Crippen LogP contribution < -0.4 is 11.1 Å². The Morgan fingerprint density at radius 2 is 2.00 bits per heavy atom. The number of nitrogens with two attached hydrogens (primary N) is 1. The topological polar surface area (TPSA) is 122 Å². The van der Waals surface area contributed by atoms with Gasteiger partial charge in [0.2, 0.25) is 5.91 Å². The second-order valence-electron chi connectivity index (χ2n) is 4.56. The van der Waals surface area contributed by atoms with Crippen molar-refractivity contribution in [2.75, 3.05) is 12.8 Å². The third-order valence-electron chi connectivity index (χ3n) is 2.52. The molecule has 4 N–H and O–H groups in total. The summed E-state index contributed by atoms with van der Waals surface area (Å²) in [6.07, 6.45) is 0.992. The molecular formula is C9H19N3O4S. The Morgan fingerprint density at radius 3 is 2.35 bits per heavy atom. The zero-order valence-electron chi connectivity index (χ0n) is 10.4. The molecule has 0 spiro atoms. The van der Waals surface area contributed by atoms with E-state index in [4.69, 9.17) is 10.9 Å². The Bertz CT molecular complexity index is 414. The molecule has 0 fully saturated rings. The number of oxime groups is 1. The molecule has 17 heavy (non-hydrogen) atoms. The lowest BCUT2D eigenvalue weighted by atomic mass is 9.92. The van der Waals surface area contributed by atoms with Crippen LogP contribution in [0.5, 0.6) is 0 Å². The average Bonchev–Trinajstić information content (AvgIpc) is 2.22. The monoisotopic (exact) mass is 265 g/mol. The third-order valence-corrected chi connectivity index (χ3v) is 4.02. The van der Waals surface area contributed by atoms with Gasteiger partial charge in [-0.15, -0.1) is 0 Å². The molecule has 8 heteroatoms. The minimum atomic E-state index is -3.42. The largest absolute Gasteiger partial charge is 0.409 e. The summed E-state index contributed by atoms with van der Waals surface area (Å²) in [7, 11) is -3.42. The Morgan fingerprint density at radius 1 is 1.53 bits per heavy atom. The van der Waals surface area contributed by atoms with E-state index in [2.05, 4.69) is 10.5 Å². The van der Waals surface area contributed by atoms with Gasteiger partial charge in [-0.2, -0.15) is 0 Å². The van der Waals surface area contributed by atoms with E-state index in [-0.39, 0.29) is 12.4 Å². The molecule has 0 aromatic carbocycles. The maximum Gasteiger partial charge on any atom is 0.238 e. The van der Waals surface area contributed by atoms with Crippen molar-refractivity contribution in [1.29, 1.82) is 0 Å². The molecule has 0 rings (SSSR count). The molecule has 0 aliphatic rings. The molecule has 0 bridgehead atoms. The number of rotatable bonds is 5. The van der Waals surface area contributed by atoms with Crippen molar-refractivity contribution >= 4 is 21.6 Å². The lowest BCUT2D eigenvalue weighted by Crippen LogP contribution is -2.46. The van der Waals surface area contributed by atoms with Crippen molar-refractivity contribution in [1.82, 2.24) is 5.32 Å². The van der Waals surface area contributed by atoms with E-state index in [0.29, 0.717) is 0 Å². The number of amidine groups is 1. The van der Waals surface area contributed by atoms with Crippen molar-refractivity contribution in [3.8, 4) is 0 Å². The molecule has 1 atom stereocenters. The summed E-state index contributed by atoms with van der Waals surface area (Å²) in [6, 6.07) is 0. The lowest BCUT2D eigenvalue weighted by molar-refractivity contribution is -0.120. The first-order valence-electron chi connectivity index (χ1n) is 4.97. The third kappa shape index (κ3) is 4.59. The predicted molar refractivity (Wildman–Crippen MR) is 64.5 cm³/mol. The van der Waals surface area contributed by atoms with E-state index in [1.807, 2.05) is 0 Å². The lowest BCUT2D eigenvalue weighted by Gasteiger charge is -2.23. The number of hydrogen-bond donors (Lipinski definition) is 3. The molecule has 0 aromatic rings. The zero-order valence-corrected chi connectivity index (χ0v) is 11.2. The van der Waals surface area contributed by atoms with Crippen LogP contribution in [0.25, 0.3) is 0 Å². The Labute approximate surface area is 101 Å². The van der Waals surface area contributed by atoms with Gasteiger partial charge in [0, 0.05) is 18.2 Å². The SMILES string of the molecule is CC(C(=O)NCC(C)(C)C(N)=NO)S(C)(=O)=O. The summed E-state index contributed by atoms with van der Waals surface area (Å²) in [4.78, 5) is 11.5. The van der Waals surface area contributed by atoms with Gasteiger partial charge in [0.1, 0.15) is 11.1 Å². The molecule has 1 unspecified atom stereocenters. The average molecular weight is 265 g/mol. The van der Waals surface area contributed by atoms with Crippen molar-refractivity contribution in [3.63, 3.8) is 0 Å².